The van der Waals surface area contributed by atoms with Crippen LogP contribution in [0.5, 0.6) is 0 Å². The van der Waals surface area contributed by atoms with Crippen molar-refractivity contribution in [2.45, 2.75) is 30.3 Å². The Hall–Kier alpha value is -1.87. The van der Waals surface area contributed by atoms with Crippen molar-refractivity contribution in [3.63, 3.8) is 0 Å². The highest BCUT2D eigenvalue weighted by molar-refractivity contribution is 7.89. The van der Waals surface area contributed by atoms with Gasteiger partial charge < -0.3 is 14.5 Å². The molecule has 3 rings (SSSR count). The lowest BCUT2D eigenvalue weighted by atomic mass is 10.3. The minimum Gasteiger partial charge on any atom is -0.463 e. The Bertz CT molecular complexity index is 689. The number of rotatable bonds is 4. The van der Waals surface area contributed by atoms with Crippen molar-refractivity contribution in [2.75, 3.05) is 19.7 Å². The fraction of sp³-hybridized carbons (Fsp3) is 0.538. The largest absolute Gasteiger partial charge is 0.463 e. The molecule has 0 amide bonds. The molecule has 1 N–H and O–H groups in total. The number of aromatic amines is 1. The van der Waals surface area contributed by atoms with Gasteiger partial charge in [-0.3, -0.25) is 0 Å². The SMILES string of the molecule is O=C(OC1CCOC1=O)c1cc(S(=O)(=O)N2CCCC2)c[nH]1. The topological polar surface area (TPSA) is 106 Å². The molecule has 1 aromatic heterocycles. The lowest BCUT2D eigenvalue weighted by Crippen LogP contribution is -2.27. The average molecular weight is 328 g/mol. The van der Waals surface area contributed by atoms with Gasteiger partial charge in [0.1, 0.15) is 10.6 Å². The Labute approximate surface area is 127 Å². The molecule has 0 aromatic carbocycles. The number of hydrogen-bond donors (Lipinski definition) is 1. The first-order valence-corrected chi connectivity index (χ1v) is 8.49. The predicted octanol–water partition coefficient (Wildman–Crippen LogP) is 0.271. The molecule has 1 unspecified atom stereocenters. The number of H-pyrrole nitrogens is 1. The van der Waals surface area contributed by atoms with E-state index in [1.54, 1.807) is 0 Å². The van der Waals surface area contributed by atoms with E-state index in [0.29, 0.717) is 19.5 Å². The van der Waals surface area contributed by atoms with Gasteiger partial charge in [0.15, 0.2) is 0 Å². The smallest absolute Gasteiger partial charge is 0.355 e. The van der Waals surface area contributed by atoms with Gasteiger partial charge in [-0.2, -0.15) is 4.31 Å². The van der Waals surface area contributed by atoms with Crippen LogP contribution in [0.15, 0.2) is 17.2 Å². The van der Waals surface area contributed by atoms with Crippen molar-refractivity contribution in [2.24, 2.45) is 0 Å². The van der Waals surface area contributed by atoms with Crippen LogP contribution >= 0.6 is 0 Å². The monoisotopic (exact) mass is 328 g/mol. The number of hydrogen-bond acceptors (Lipinski definition) is 6. The molecule has 2 fully saturated rings. The molecule has 1 aromatic rings. The molecule has 0 aliphatic carbocycles. The number of esters is 2. The van der Waals surface area contributed by atoms with Gasteiger partial charge >= 0.3 is 11.9 Å². The number of aromatic nitrogens is 1. The summed E-state index contributed by atoms with van der Waals surface area (Å²) >= 11 is 0. The Morgan fingerprint density at radius 3 is 2.73 bits per heavy atom. The number of sulfonamides is 1. The number of carbonyl (C=O) groups is 2. The Balaban J connectivity index is 1.73. The van der Waals surface area contributed by atoms with Crippen molar-refractivity contribution >= 4 is 22.0 Å². The zero-order valence-electron chi connectivity index (χ0n) is 11.8. The molecular weight excluding hydrogens is 312 g/mol. The van der Waals surface area contributed by atoms with Crippen LogP contribution in [-0.2, 0) is 24.3 Å². The van der Waals surface area contributed by atoms with Gasteiger partial charge in [-0.05, 0) is 18.9 Å². The van der Waals surface area contributed by atoms with E-state index in [1.807, 2.05) is 0 Å². The Morgan fingerprint density at radius 1 is 1.36 bits per heavy atom. The summed E-state index contributed by atoms with van der Waals surface area (Å²) in [6, 6.07) is 1.23. The number of nitrogens with one attached hydrogen (secondary N) is 1. The highest BCUT2D eigenvalue weighted by atomic mass is 32.2. The van der Waals surface area contributed by atoms with Gasteiger partial charge in [-0.1, -0.05) is 0 Å². The lowest BCUT2D eigenvalue weighted by molar-refractivity contribution is -0.145. The van der Waals surface area contributed by atoms with Crippen LogP contribution in [-0.4, -0.2) is 55.4 Å². The van der Waals surface area contributed by atoms with E-state index in [0.717, 1.165) is 12.8 Å². The van der Waals surface area contributed by atoms with E-state index in [4.69, 9.17) is 9.47 Å². The van der Waals surface area contributed by atoms with Gasteiger partial charge in [-0.15, -0.1) is 0 Å². The van der Waals surface area contributed by atoms with E-state index >= 15 is 0 Å². The normalized spacial score (nSPS) is 22.7. The lowest BCUT2D eigenvalue weighted by Gasteiger charge is -2.13. The van der Waals surface area contributed by atoms with Gasteiger partial charge in [0.2, 0.25) is 16.1 Å². The van der Waals surface area contributed by atoms with Crippen LogP contribution in [0.2, 0.25) is 0 Å². The third-order valence-corrected chi connectivity index (χ3v) is 5.59. The molecule has 2 saturated heterocycles. The number of carbonyl (C=O) groups excluding carboxylic acids is 2. The second kappa shape index (κ2) is 5.73. The van der Waals surface area contributed by atoms with Gasteiger partial charge in [0.25, 0.3) is 0 Å². The molecule has 3 heterocycles. The summed E-state index contributed by atoms with van der Waals surface area (Å²) < 4.78 is 35.8. The quantitative estimate of drug-likeness (QED) is 0.795. The summed E-state index contributed by atoms with van der Waals surface area (Å²) in [5.41, 5.74) is -0.00234. The fourth-order valence-electron chi connectivity index (χ4n) is 2.50. The third kappa shape index (κ3) is 2.73. The zero-order valence-corrected chi connectivity index (χ0v) is 12.6. The van der Waals surface area contributed by atoms with E-state index < -0.39 is 28.1 Å². The highest BCUT2D eigenvalue weighted by Crippen LogP contribution is 2.22. The van der Waals surface area contributed by atoms with E-state index in [-0.39, 0.29) is 17.2 Å². The zero-order chi connectivity index (χ0) is 15.7. The standard InChI is InChI=1S/C13H16N2O6S/c16-12(21-11-3-6-20-13(11)17)10-7-9(8-14-10)22(18,19)15-4-1-2-5-15/h7-8,11,14H,1-6H2. The molecule has 2 aliphatic rings. The molecule has 1 atom stereocenters. The highest BCUT2D eigenvalue weighted by Gasteiger charge is 2.32. The van der Waals surface area contributed by atoms with E-state index in [9.17, 15) is 18.0 Å². The molecule has 120 valence electrons. The molecule has 9 heteroatoms. The second-order valence-corrected chi connectivity index (χ2v) is 7.15. The molecule has 0 spiro atoms. The van der Waals surface area contributed by atoms with Crippen molar-refractivity contribution in [1.29, 1.82) is 0 Å². The summed E-state index contributed by atoms with van der Waals surface area (Å²) in [7, 11) is -3.59. The first-order valence-electron chi connectivity index (χ1n) is 7.04. The van der Waals surface area contributed by atoms with Gasteiger partial charge in [0.05, 0.1) is 6.61 Å². The van der Waals surface area contributed by atoms with Crippen molar-refractivity contribution < 1.29 is 27.5 Å². The Kier molecular flexibility index (Phi) is 3.92. The molecule has 8 nitrogen and oxygen atoms in total. The molecule has 0 saturated carbocycles. The van der Waals surface area contributed by atoms with Crippen molar-refractivity contribution in [3.8, 4) is 0 Å². The van der Waals surface area contributed by atoms with E-state index in [1.165, 1.54) is 16.6 Å². The third-order valence-electron chi connectivity index (χ3n) is 3.72. The second-order valence-electron chi connectivity index (χ2n) is 5.21. The summed E-state index contributed by atoms with van der Waals surface area (Å²) in [5.74, 6) is -1.35. The maximum absolute atomic E-state index is 12.3. The van der Waals surface area contributed by atoms with Crippen LogP contribution in [0.3, 0.4) is 0 Å². The van der Waals surface area contributed by atoms with E-state index in [2.05, 4.69) is 4.98 Å². The van der Waals surface area contributed by atoms with Crippen LogP contribution in [0.4, 0.5) is 0 Å². The molecule has 0 radical (unpaired) electrons. The molecule has 2 aliphatic heterocycles. The molecule has 22 heavy (non-hydrogen) atoms. The Morgan fingerprint density at radius 2 is 2.09 bits per heavy atom. The predicted molar refractivity (Wildman–Crippen MR) is 73.6 cm³/mol. The minimum atomic E-state index is -3.59. The maximum Gasteiger partial charge on any atom is 0.355 e. The number of nitrogens with zero attached hydrogens (tertiary/aromatic N) is 1. The van der Waals surface area contributed by atoms with Crippen LogP contribution < -0.4 is 0 Å². The summed E-state index contributed by atoms with van der Waals surface area (Å²) in [4.78, 5) is 25.8. The first kappa shape index (κ1) is 15.0. The van der Waals surface area contributed by atoms with Crippen LogP contribution in [0, 0.1) is 0 Å². The van der Waals surface area contributed by atoms with Gasteiger partial charge in [0, 0.05) is 25.7 Å². The summed E-state index contributed by atoms with van der Waals surface area (Å²) in [6.45, 7) is 1.19. The van der Waals surface area contributed by atoms with Gasteiger partial charge in [-0.25, -0.2) is 18.0 Å². The summed E-state index contributed by atoms with van der Waals surface area (Å²) in [6.07, 6.45) is 2.32. The maximum atomic E-state index is 12.3. The van der Waals surface area contributed by atoms with Crippen LogP contribution in [0.25, 0.3) is 0 Å². The average Bonchev–Trinajstić information content (AvgIpc) is 3.20. The fourth-order valence-corrected chi connectivity index (χ4v) is 4.01. The van der Waals surface area contributed by atoms with Crippen molar-refractivity contribution in [1.82, 2.24) is 9.29 Å². The van der Waals surface area contributed by atoms with Crippen LogP contribution in [0.1, 0.15) is 29.8 Å². The summed E-state index contributed by atoms with van der Waals surface area (Å²) in [5, 5.41) is 0. The molecule has 0 bridgehead atoms. The van der Waals surface area contributed by atoms with Crippen molar-refractivity contribution in [3.05, 3.63) is 18.0 Å². The first-order chi connectivity index (χ1) is 10.5. The number of cyclic esters (lactones) is 1. The number of ether oxygens (including phenoxy) is 2. The minimum absolute atomic E-state index is 0.00234. The molecular formula is C13H16N2O6S.